The zero-order valence-corrected chi connectivity index (χ0v) is 44.0. The summed E-state index contributed by atoms with van der Waals surface area (Å²) in [6.07, 6.45) is 70.8. The van der Waals surface area contributed by atoms with Crippen molar-refractivity contribution >= 4 is 11.9 Å². The van der Waals surface area contributed by atoms with Crippen LogP contribution in [0.3, 0.4) is 0 Å². The topological polar surface area (TPSA) is 95.9 Å². The number of carbonyl (C=O) groups is 2. The van der Waals surface area contributed by atoms with E-state index >= 15 is 0 Å². The first-order valence-corrected chi connectivity index (χ1v) is 28.3. The van der Waals surface area contributed by atoms with Crippen LogP contribution in [0.2, 0.25) is 0 Å². The summed E-state index contributed by atoms with van der Waals surface area (Å²) in [5.41, 5.74) is 0. The molecule has 1 amide bonds. The number of carbonyl (C=O) groups excluding carboxylic acids is 2. The Morgan fingerprint density at radius 3 is 1.22 bits per heavy atom. The Labute approximate surface area is 414 Å². The second-order valence-corrected chi connectivity index (χ2v) is 18.9. The van der Waals surface area contributed by atoms with E-state index < -0.39 is 18.2 Å². The van der Waals surface area contributed by atoms with Crippen LogP contribution in [0.5, 0.6) is 0 Å². The molecule has 0 saturated carbocycles. The number of ether oxygens (including phenoxy) is 1. The number of esters is 1. The summed E-state index contributed by atoms with van der Waals surface area (Å²) in [6, 6.07) is -0.718. The lowest BCUT2D eigenvalue weighted by Crippen LogP contribution is -2.46. The van der Waals surface area contributed by atoms with Crippen molar-refractivity contribution in [3.05, 3.63) is 85.1 Å². The third-order valence-corrected chi connectivity index (χ3v) is 12.5. The minimum atomic E-state index is -0.802. The predicted octanol–water partition coefficient (Wildman–Crippen LogP) is 17.5. The van der Waals surface area contributed by atoms with Crippen LogP contribution in [0.1, 0.15) is 265 Å². The lowest BCUT2D eigenvalue weighted by molar-refractivity contribution is -0.151. The van der Waals surface area contributed by atoms with Gasteiger partial charge < -0.3 is 20.3 Å². The molecule has 0 saturated heterocycles. The van der Waals surface area contributed by atoms with Crippen molar-refractivity contribution < 1.29 is 24.5 Å². The number of nitrogens with one attached hydrogen (secondary N) is 1. The van der Waals surface area contributed by atoms with E-state index in [2.05, 4.69) is 111 Å². The summed E-state index contributed by atoms with van der Waals surface area (Å²) in [5.74, 6) is -0.526. The van der Waals surface area contributed by atoms with Crippen molar-refractivity contribution in [3.8, 4) is 0 Å². The third-order valence-electron chi connectivity index (χ3n) is 12.5. The SMILES string of the molecule is CC/C=C\C/C=C\C/C=C\C/C=C\C/C=C\CCCCCC(=O)OC(CCCCCCC/C=C/C/C=C/CC)CC(=O)NC(CO)C(O)CCCCCCCCCCCCCCCCCCC. The van der Waals surface area contributed by atoms with E-state index in [0.29, 0.717) is 19.3 Å². The summed E-state index contributed by atoms with van der Waals surface area (Å²) < 4.78 is 5.93. The first-order valence-electron chi connectivity index (χ1n) is 28.3. The van der Waals surface area contributed by atoms with Crippen LogP contribution in [0, 0.1) is 0 Å². The summed E-state index contributed by atoms with van der Waals surface area (Å²) in [4.78, 5) is 26.2. The molecule has 6 nitrogen and oxygen atoms in total. The van der Waals surface area contributed by atoms with Gasteiger partial charge in [0.2, 0.25) is 5.91 Å². The highest BCUT2D eigenvalue weighted by Crippen LogP contribution is 2.18. The Bertz CT molecular complexity index is 1280. The van der Waals surface area contributed by atoms with E-state index in [-0.39, 0.29) is 24.9 Å². The lowest BCUT2D eigenvalue weighted by Gasteiger charge is -2.24. The van der Waals surface area contributed by atoms with Gasteiger partial charge in [-0.15, -0.1) is 0 Å². The van der Waals surface area contributed by atoms with E-state index in [1.165, 1.54) is 96.3 Å². The molecule has 0 aromatic heterocycles. The van der Waals surface area contributed by atoms with E-state index in [1.807, 2.05) is 0 Å². The van der Waals surface area contributed by atoms with Crippen LogP contribution < -0.4 is 5.32 Å². The number of rotatable bonds is 50. The number of amides is 1. The molecule has 0 heterocycles. The number of allylic oxidation sites excluding steroid dienone is 14. The van der Waals surface area contributed by atoms with Crippen LogP contribution in [0.15, 0.2) is 85.1 Å². The highest BCUT2D eigenvalue weighted by atomic mass is 16.5. The van der Waals surface area contributed by atoms with Gasteiger partial charge in [-0.25, -0.2) is 0 Å². The molecule has 0 aliphatic heterocycles. The molecule has 0 rings (SSSR count). The molecule has 3 N–H and O–H groups in total. The Morgan fingerprint density at radius 2 is 0.806 bits per heavy atom. The highest BCUT2D eigenvalue weighted by molar-refractivity contribution is 5.77. The fourth-order valence-electron chi connectivity index (χ4n) is 8.26. The molecule has 3 atom stereocenters. The monoisotopic (exact) mass is 934 g/mol. The highest BCUT2D eigenvalue weighted by Gasteiger charge is 2.24. The summed E-state index contributed by atoms with van der Waals surface area (Å²) >= 11 is 0. The van der Waals surface area contributed by atoms with Crippen molar-refractivity contribution in [2.45, 2.75) is 283 Å². The van der Waals surface area contributed by atoms with Gasteiger partial charge in [0, 0.05) is 6.42 Å². The predicted molar refractivity (Wildman–Crippen MR) is 291 cm³/mol. The molecule has 67 heavy (non-hydrogen) atoms. The Balaban J connectivity index is 4.56. The zero-order valence-electron chi connectivity index (χ0n) is 44.0. The largest absolute Gasteiger partial charge is 0.462 e. The number of unbranched alkanes of at least 4 members (excludes halogenated alkanes) is 24. The quantitative estimate of drug-likeness (QED) is 0.0321. The zero-order chi connectivity index (χ0) is 48.8. The molecular formula is C61H107NO5. The lowest BCUT2D eigenvalue weighted by atomic mass is 10.0. The van der Waals surface area contributed by atoms with Crippen molar-refractivity contribution in [3.63, 3.8) is 0 Å². The van der Waals surface area contributed by atoms with E-state index in [9.17, 15) is 19.8 Å². The first-order chi connectivity index (χ1) is 33.0. The molecule has 0 fully saturated rings. The fourth-order valence-corrected chi connectivity index (χ4v) is 8.26. The number of hydrogen-bond acceptors (Lipinski definition) is 5. The molecule has 0 aromatic carbocycles. The molecule has 0 spiro atoms. The number of aliphatic hydroxyl groups is 2. The van der Waals surface area contributed by atoms with Crippen LogP contribution in [0.25, 0.3) is 0 Å². The van der Waals surface area contributed by atoms with Crippen LogP contribution in [-0.2, 0) is 14.3 Å². The Hall–Kier alpha value is -2.96. The van der Waals surface area contributed by atoms with Crippen molar-refractivity contribution in [1.29, 1.82) is 0 Å². The van der Waals surface area contributed by atoms with Gasteiger partial charge in [0.1, 0.15) is 6.10 Å². The van der Waals surface area contributed by atoms with Crippen molar-refractivity contribution in [2.75, 3.05) is 6.61 Å². The molecule has 386 valence electrons. The van der Waals surface area contributed by atoms with Crippen molar-refractivity contribution in [1.82, 2.24) is 5.32 Å². The normalized spacial score (nSPS) is 13.8. The molecule has 0 aliphatic rings. The molecule has 0 radical (unpaired) electrons. The van der Waals surface area contributed by atoms with E-state index in [1.54, 1.807) is 0 Å². The van der Waals surface area contributed by atoms with Gasteiger partial charge in [0.05, 0.1) is 25.2 Å². The maximum Gasteiger partial charge on any atom is 0.306 e. The second kappa shape index (κ2) is 54.0. The van der Waals surface area contributed by atoms with Crippen LogP contribution >= 0.6 is 0 Å². The maximum absolute atomic E-state index is 13.2. The summed E-state index contributed by atoms with van der Waals surface area (Å²) in [5, 5.41) is 23.9. The maximum atomic E-state index is 13.2. The summed E-state index contributed by atoms with van der Waals surface area (Å²) in [7, 11) is 0. The van der Waals surface area contributed by atoms with Gasteiger partial charge in [-0.05, 0) is 96.3 Å². The first kappa shape index (κ1) is 64.0. The molecule has 0 bridgehead atoms. The van der Waals surface area contributed by atoms with Gasteiger partial charge in [-0.2, -0.15) is 0 Å². The van der Waals surface area contributed by atoms with Gasteiger partial charge in [0.25, 0.3) is 0 Å². The van der Waals surface area contributed by atoms with Gasteiger partial charge in [-0.1, -0.05) is 241 Å². The summed E-state index contributed by atoms with van der Waals surface area (Å²) in [6.45, 7) is 6.27. The van der Waals surface area contributed by atoms with Crippen LogP contribution in [-0.4, -0.2) is 46.9 Å². The standard InChI is InChI=1S/C61H107NO5/c1-4-7-10-13-16-19-22-25-27-29-30-32-34-36-39-42-45-48-51-54-61(66)67-57(52-49-46-43-40-37-24-21-18-15-12-9-6-3)55-60(65)62-58(56-63)59(64)53-50-47-44-41-38-35-33-31-28-26-23-20-17-14-11-8-5-2/h7,9-10,12,16,18-19,21,25,27,30,32,36,39,57-59,63-64H,4-6,8,11,13-15,17,20,22-24,26,28-29,31,33-35,37-38,40-56H2,1-3H3,(H,62,65)/b10-7-,12-9+,19-16-,21-18+,27-25-,32-30-,39-36-. The number of aliphatic hydroxyl groups excluding tert-OH is 2. The van der Waals surface area contributed by atoms with Crippen molar-refractivity contribution in [2.24, 2.45) is 0 Å². The van der Waals surface area contributed by atoms with E-state index in [0.717, 1.165) is 122 Å². The average Bonchev–Trinajstić information content (AvgIpc) is 3.32. The minimum Gasteiger partial charge on any atom is -0.462 e. The molecular weight excluding hydrogens is 827 g/mol. The third kappa shape index (κ3) is 49.3. The molecule has 0 aliphatic carbocycles. The van der Waals surface area contributed by atoms with Gasteiger partial charge in [-0.3, -0.25) is 9.59 Å². The minimum absolute atomic E-state index is 0.0510. The average molecular weight is 935 g/mol. The Morgan fingerprint density at radius 1 is 0.448 bits per heavy atom. The molecule has 3 unspecified atom stereocenters. The van der Waals surface area contributed by atoms with E-state index in [4.69, 9.17) is 4.74 Å². The number of hydrogen-bond donors (Lipinski definition) is 3. The second-order valence-electron chi connectivity index (χ2n) is 18.9. The van der Waals surface area contributed by atoms with Gasteiger partial charge >= 0.3 is 5.97 Å². The van der Waals surface area contributed by atoms with Crippen LogP contribution in [0.4, 0.5) is 0 Å². The Kier molecular flexibility index (Phi) is 51.6. The smallest absolute Gasteiger partial charge is 0.306 e. The molecule has 0 aromatic rings. The molecule has 6 heteroatoms. The van der Waals surface area contributed by atoms with Gasteiger partial charge in [0.15, 0.2) is 0 Å². The fraction of sp³-hybridized carbons (Fsp3) is 0.738.